The van der Waals surface area contributed by atoms with Gasteiger partial charge in [0.2, 0.25) is 5.75 Å². The van der Waals surface area contributed by atoms with Crippen molar-refractivity contribution >= 4 is 50.7 Å². The van der Waals surface area contributed by atoms with Gasteiger partial charge in [-0.1, -0.05) is 0 Å². The van der Waals surface area contributed by atoms with Gasteiger partial charge < -0.3 is 19.5 Å². The minimum Gasteiger partial charge on any atom is -0.496 e. The molecule has 3 aromatic carbocycles. The predicted molar refractivity (Wildman–Crippen MR) is 147 cm³/mol. The molecule has 3 rings (SSSR count). The molecule has 0 unspecified atom stereocenters. The van der Waals surface area contributed by atoms with Gasteiger partial charge in [-0.15, -0.1) is 0 Å². The maximum Gasteiger partial charge on any atom is 0.318 e. The molecule has 0 saturated heterocycles. The molecule has 16 heteroatoms. The average Bonchev–Trinajstić information content (AvgIpc) is 2.93. The van der Waals surface area contributed by atoms with E-state index in [4.69, 9.17) is 14.2 Å². The second-order valence-corrected chi connectivity index (χ2v) is 8.65. The monoisotopic (exact) mass is 627 g/mol. The fourth-order valence-electron chi connectivity index (χ4n) is 3.39. The Morgan fingerprint density at radius 2 is 1.71 bits per heavy atom. The van der Waals surface area contributed by atoms with Crippen molar-refractivity contribution < 1.29 is 33.8 Å². The van der Waals surface area contributed by atoms with E-state index in [-0.39, 0.29) is 45.3 Å². The zero-order valence-electron chi connectivity index (χ0n) is 21.2. The lowest BCUT2D eigenvalue weighted by molar-refractivity contribution is -0.394. The van der Waals surface area contributed by atoms with E-state index in [1.165, 1.54) is 37.5 Å². The Kier molecular flexibility index (Phi) is 9.50. The SMILES string of the molecule is CCOc1cc(/C=C(\C#N)C(=O)Nc2ccc(OC)cc2[N+](=O)[O-])cc(Br)c1Oc1ccc([N+](=O)[O-])cc1[N+](=O)[O-]. The van der Waals surface area contributed by atoms with Gasteiger partial charge in [0.05, 0.1) is 45.1 Å². The zero-order chi connectivity index (χ0) is 30.3. The molecular formula is C25H18BrN5O10. The molecule has 15 nitrogen and oxygen atoms in total. The minimum absolute atomic E-state index is 0.0160. The van der Waals surface area contributed by atoms with Gasteiger partial charge in [-0.3, -0.25) is 35.1 Å². The number of non-ortho nitro benzene ring substituents is 1. The van der Waals surface area contributed by atoms with E-state index in [2.05, 4.69) is 21.2 Å². The number of nitro groups is 3. The third kappa shape index (κ3) is 7.10. The molecule has 0 bridgehead atoms. The minimum atomic E-state index is -0.934. The fraction of sp³-hybridized carbons (Fsp3) is 0.120. The van der Waals surface area contributed by atoms with Crippen molar-refractivity contribution in [1.82, 2.24) is 0 Å². The smallest absolute Gasteiger partial charge is 0.318 e. The second-order valence-electron chi connectivity index (χ2n) is 7.80. The zero-order valence-corrected chi connectivity index (χ0v) is 22.7. The number of hydrogen-bond donors (Lipinski definition) is 1. The van der Waals surface area contributed by atoms with Crippen LogP contribution in [0.1, 0.15) is 12.5 Å². The molecule has 41 heavy (non-hydrogen) atoms. The van der Waals surface area contributed by atoms with E-state index in [1.54, 1.807) is 13.0 Å². The van der Waals surface area contributed by atoms with Crippen LogP contribution in [0.3, 0.4) is 0 Å². The van der Waals surface area contributed by atoms with Crippen LogP contribution in [0.2, 0.25) is 0 Å². The first-order valence-corrected chi connectivity index (χ1v) is 12.1. The lowest BCUT2D eigenvalue weighted by Crippen LogP contribution is -2.14. The molecule has 3 aromatic rings. The van der Waals surface area contributed by atoms with E-state index in [1.807, 2.05) is 0 Å². The summed E-state index contributed by atoms with van der Waals surface area (Å²) in [5.74, 6) is -0.997. The Morgan fingerprint density at radius 3 is 2.29 bits per heavy atom. The Hall–Kier alpha value is -5.56. The van der Waals surface area contributed by atoms with Crippen molar-refractivity contribution in [1.29, 1.82) is 5.26 Å². The van der Waals surface area contributed by atoms with Crippen LogP contribution < -0.4 is 19.5 Å². The van der Waals surface area contributed by atoms with Gasteiger partial charge in [0.15, 0.2) is 11.5 Å². The van der Waals surface area contributed by atoms with Gasteiger partial charge >= 0.3 is 5.69 Å². The Labute approximate surface area is 239 Å². The van der Waals surface area contributed by atoms with Crippen LogP contribution in [-0.4, -0.2) is 34.4 Å². The molecule has 0 aliphatic carbocycles. The van der Waals surface area contributed by atoms with Crippen LogP contribution >= 0.6 is 15.9 Å². The molecule has 0 radical (unpaired) electrons. The van der Waals surface area contributed by atoms with Gasteiger partial charge in [0, 0.05) is 6.07 Å². The highest BCUT2D eigenvalue weighted by molar-refractivity contribution is 9.10. The van der Waals surface area contributed by atoms with Crippen molar-refractivity contribution in [2.24, 2.45) is 0 Å². The summed E-state index contributed by atoms with van der Waals surface area (Å²) in [6, 6.07) is 11.2. The first-order chi connectivity index (χ1) is 19.5. The van der Waals surface area contributed by atoms with E-state index < -0.39 is 43.3 Å². The summed E-state index contributed by atoms with van der Waals surface area (Å²) in [5.41, 5.74) is -1.92. The first-order valence-electron chi connectivity index (χ1n) is 11.3. The Morgan fingerprint density at radius 1 is 1.00 bits per heavy atom. The number of hydrogen-bond acceptors (Lipinski definition) is 11. The number of amides is 1. The van der Waals surface area contributed by atoms with E-state index in [0.29, 0.717) is 0 Å². The number of ether oxygens (including phenoxy) is 3. The lowest BCUT2D eigenvalue weighted by atomic mass is 10.1. The Balaban J connectivity index is 1.99. The standard InChI is InChI=1S/C25H18BrN5O10/c1-3-40-23-10-14(8-15(13-27)25(32)28-19-6-5-17(39-2)12-20(19)30(35)36)9-18(26)24(23)41-22-7-4-16(29(33)34)11-21(22)31(37)38/h4-12H,3H2,1-2H3,(H,28,32)/b15-8+. The molecule has 0 saturated carbocycles. The van der Waals surface area contributed by atoms with Gasteiger partial charge in [0.1, 0.15) is 23.1 Å². The molecule has 0 fully saturated rings. The molecule has 1 N–H and O–H groups in total. The van der Waals surface area contributed by atoms with E-state index in [9.17, 15) is 40.4 Å². The summed E-state index contributed by atoms with van der Waals surface area (Å²) >= 11 is 3.28. The number of halogens is 1. The summed E-state index contributed by atoms with van der Waals surface area (Å²) in [4.78, 5) is 44.5. The molecule has 210 valence electrons. The quantitative estimate of drug-likeness (QED) is 0.114. The largest absolute Gasteiger partial charge is 0.496 e. The molecule has 0 atom stereocenters. The van der Waals surface area contributed by atoms with Crippen molar-refractivity contribution in [3.8, 4) is 29.1 Å². The fourth-order valence-corrected chi connectivity index (χ4v) is 3.93. The topological polar surface area (TPSA) is 210 Å². The van der Waals surface area contributed by atoms with Crippen LogP contribution in [-0.2, 0) is 4.79 Å². The summed E-state index contributed by atoms with van der Waals surface area (Å²) in [6.07, 6.45) is 1.19. The highest BCUT2D eigenvalue weighted by Gasteiger charge is 2.24. The third-order valence-corrected chi connectivity index (χ3v) is 5.81. The summed E-state index contributed by atoms with van der Waals surface area (Å²) in [5, 5.41) is 45.9. The van der Waals surface area contributed by atoms with Crippen LogP contribution in [0.4, 0.5) is 22.7 Å². The predicted octanol–water partition coefficient (Wildman–Crippen LogP) is 5.92. The number of carbonyl (C=O) groups excluding carboxylic acids is 1. The summed E-state index contributed by atoms with van der Waals surface area (Å²) in [7, 11) is 1.33. The second kappa shape index (κ2) is 13.0. The normalized spacial score (nSPS) is 10.7. The number of methoxy groups -OCH3 is 1. The number of carbonyl (C=O) groups is 1. The van der Waals surface area contributed by atoms with Crippen LogP contribution in [0.5, 0.6) is 23.0 Å². The van der Waals surface area contributed by atoms with Crippen molar-refractivity contribution in [2.45, 2.75) is 6.92 Å². The van der Waals surface area contributed by atoms with Gasteiger partial charge in [-0.25, -0.2) is 0 Å². The molecule has 0 heterocycles. The van der Waals surface area contributed by atoms with Crippen molar-refractivity contribution in [3.63, 3.8) is 0 Å². The van der Waals surface area contributed by atoms with Crippen LogP contribution in [0.25, 0.3) is 6.08 Å². The number of anilines is 1. The number of nitrogens with one attached hydrogen (secondary N) is 1. The first kappa shape index (κ1) is 30.0. The third-order valence-electron chi connectivity index (χ3n) is 5.22. The van der Waals surface area contributed by atoms with Crippen molar-refractivity contribution in [3.05, 3.63) is 94.5 Å². The summed E-state index contributed by atoms with van der Waals surface area (Å²) < 4.78 is 16.5. The number of nitro benzene ring substituents is 3. The van der Waals surface area contributed by atoms with E-state index >= 15 is 0 Å². The van der Waals surface area contributed by atoms with E-state index in [0.717, 1.165) is 24.3 Å². The maximum atomic E-state index is 12.8. The number of nitriles is 1. The van der Waals surface area contributed by atoms with Gasteiger partial charge in [0.25, 0.3) is 17.3 Å². The number of rotatable bonds is 11. The molecule has 0 aromatic heterocycles. The number of nitrogens with zero attached hydrogens (tertiary/aromatic N) is 4. The number of benzene rings is 3. The van der Waals surface area contributed by atoms with Crippen LogP contribution in [0.15, 0.2) is 58.6 Å². The van der Waals surface area contributed by atoms with Gasteiger partial charge in [-0.2, -0.15) is 5.26 Å². The molecule has 0 aliphatic heterocycles. The summed E-state index contributed by atoms with van der Waals surface area (Å²) in [6.45, 7) is 1.79. The van der Waals surface area contributed by atoms with Gasteiger partial charge in [-0.05, 0) is 64.8 Å². The highest BCUT2D eigenvalue weighted by atomic mass is 79.9. The lowest BCUT2D eigenvalue weighted by Gasteiger charge is -2.14. The highest BCUT2D eigenvalue weighted by Crippen LogP contribution is 2.43. The Bertz CT molecular complexity index is 1630. The molecule has 0 aliphatic rings. The molecule has 1 amide bonds. The average molecular weight is 628 g/mol. The molecular weight excluding hydrogens is 610 g/mol. The van der Waals surface area contributed by atoms with Crippen LogP contribution in [0, 0.1) is 41.7 Å². The van der Waals surface area contributed by atoms with Crippen molar-refractivity contribution in [2.75, 3.05) is 19.0 Å². The maximum absolute atomic E-state index is 12.8. The molecule has 0 spiro atoms.